The molecule has 0 radical (unpaired) electrons. The Morgan fingerprint density at radius 1 is 0.952 bits per heavy atom. The molecule has 3 nitrogen and oxygen atoms in total. The van der Waals surface area contributed by atoms with E-state index in [0.717, 1.165) is 11.1 Å². The standard InChI is InChI=1S/C15H14Cl2O3S/c1-9-4-7-15(11(3)10(9)2)21(18,19)20-14-8-12(16)5-6-13(14)17/h4-8H,1-3H3. The largest absolute Gasteiger partial charge is 0.377 e. The number of hydrogen-bond acceptors (Lipinski definition) is 3. The fourth-order valence-corrected chi connectivity index (χ4v) is 3.50. The fraction of sp³-hybridized carbons (Fsp3) is 0.200. The van der Waals surface area contributed by atoms with Crippen LogP contribution in [0.15, 0.2) is 35.2 Å². The van der Waals surface area contributed by atoms with E-state index in [1.54, 1.807) is 19.1 Å². The highest BCUT2D eigenvalue weighted by Gasteiger charge is 2.22. The maximum Gasteiger partial charge on any atom is 0.339 e. The summed E-state index contributed by atoms with van der Waals surface area (Å²) in [6.07, 6.45) is 0. The summed E-state index contributed by atoms with van der Waals surface area (Å²) in [5.41, 5.74) is 2.59. The summed E-state index contributed by atoms with van der Waals surface area (Å²) in [5.74, 6) is 0.0156. The first-order valence-corrected chi connectivity index (χ1v) is 8.35. The Morgan fingerprint density at radius 3 is 2.29 bits per heavy atom. The summed E-state index contributed by atoms with van der Waals surface area (Å²) in [6, 6.07) is 7.70. The second-order valence-corrected chi connectivity index (χ2v) is 7.10. The van der Waals surface area contributed by atoms with Gasteiger partial charge in [0.05, 0.1) is 5.02 Å². The van der Waals surface area contributed by atoms with Gasteiger partial charge in [0.2, 0.25) is 0 Å². The highest BCUT2D eigenvalue weighted by molar-refractivity contribution is 7.87. The van der Waals surface area contributed by atoms with Crippen LogP contribution in [-0.4, -0.2) is 8.42 Å². The molecule has 2 rings (SSSR count). The quantitative estimate of drug-likeness (QED) is 0.758. The SMILES string of the molecule is Cc1ccc(S(=O)(=O)Oc2cc(Cl)ccc2Cl)c(C)c1C. The van der Waals surface area contributed by atoms with Crippen LogP contribution < -0.4 is 4.18 Å². The Kier molecular flexibility index (Phi) is 4.51. The number of halogens is 2. The first kappa shape index (κ1) is 16.1. The van der Waals surface area contributed by atoms with E-state index in [-0.39, 0.29) is 15.7 Å². The predicted molar refractivity (Wildman–Crippen MR) is 84.9 cm³/mol. The molecule has 0 heterocycles. The molecule has 0 aliphatic heterocycles. The van der Waals surface area contributed by atoms with Crippen molar-refractivity contribution < 1.29 is 12.6 Å². The summed E-state index contributed by atoms with van der Waals surface area (Å²) in [7, 11) is -3.97. The molecule has 0 bridgehead atoms. The highest BCUT2D eigenvalue weighted by atomic mass is 35.5. The van der Waals surface area contributed by atoms with Gasteiger partial charge in [0.25, 0.3) is 0 Å². The smallest absolute Gasteiger partial charge is 0.339 e. The van der Waals surface area contributed by atoms with E-state index in [0.29, 0.717) is 10.6 Å². The van der Waals surface area contributed by atoms with Gasteiger partial charge in [-0.15, -0.1) is 0 Å². The minimum absolute atomic E-state index is 0.0156. The van der Waals surface area contributed by atoms with Crippen molar-refractivity contribution in [1.29, 1.82) is 0 Å². The summed E-state index contributed by atoms with van der Waals surface area (Å²) >= 11 is 11.8. The Balaban J connectivity index is 2.49. The van der Waals surface area contributed by atoms with Crippen LogP contribution in [0, 0.1) is 20.8 Å². The summed E-state index contributed by atoms with van der Waals surface area (Å²) in [6.45, 7) is 5.54. The third kappa shape index (κ3) is 3.34. The lowest BCUT2D eigenvalue weighted by molar-refractivity contribution is 0.485. The first-order chi connectivity index (χ1) is 9.72. The number of hydrogen-bond donors (Lipinski definition) is 0. The van der Waals surface area contributed by atoms with E-state index in [1.165, 1.54) is 18.2 Å². The molecule has 6 heteroatoms. The number of benzene rings is 2. The van der Waals surface area contributed by atoms with Crippen molar-refractivity contribution in [3.8, 4) is 5.75 Å². The predicted octanol–water partition coefficient (Wildman–Crippen LogP) is 4.69. The lowest BCUT2D eigenvalue weighted by Crippen LogP contribution is -2.12. The van der Waals surface area contributed by atoms with Gasteiger partial charge in [-0.1, -0.05) is 29.3 Å². The van der Waals surface area contributed by atoms with Gasteiger partial charge in [0.1, 0.15) is 4.90 Å². The fourth-order valence-electron chi connectivity index (χ4n) is 1.91. The molecule has 2 aromatic rings. The van der Waals surface area contributed by atoms with Crippen molar-refractivity contribution in [3.05, 3.63) is 57.1 Å². The van der Waals surface area contributed by atoms with Crippen molar-refractivity contribution in [2.24, 2.45) is 0 Å². The molecule has 0 atom stereocenters. The summed E-state index contributed by atoms with van der Waals surface area (Å²) < 4.78 is 30.0. The molecule has 0 spiro atoms. The molecular weight excluding hydrogens is 331 g/mol. The Morgan fingerprint density at radius 2 is 1.62 bits per heavy atom. The highest BCUT2D eigenvalue weighted by Crippen LogP contribution is 2.31. The molecule has 112 valence electrons. The van der Waals surface area contributed by atoms with Crippen molar-refractivity contribution in [2.45, 2.75) is 25.7 Å². The maximum absolute atomic E-state index is 12.4. The third-order valence-electron chi connectivity index (χ3n) is 3.37. The normalized spacial score (nSPS) is 11.5. The van der Waals surface area contributed by atoms with Crippen LogP contribution in [0.2, 0.25) is 10.0 Å². The molecule has 0 amide bonds. The number of aryl methyl sites for hydroxylation is 1. The Bertz CT molecular complexity index is 799. The zero-order chi connectivity index (χ0) is 15.8. The van der Waals surface area contributed by atoms with Crippen LogP contribution in [0.4, 0.5) is 0 Å². The Hall–Kier alpha value is -1.23. The molecule has 0 saturated heterocycles. The zero-order valence-corrected chi connectivity index (χ0v) is 14.1. The molecule has 0 aliphatic carbocycles. The molecule has 0 N–H and O–H groups in total. The van der Waals surface area contributed by atoms with Gasteiger partial charge in [-0.05, 0) is 55.7 Å². The molecule has 2 aromatic carbocycles. The van der Waals surface area contributed by atoms with E-state index in [2.05, 4.69) is 0 Å². The van der Waals surface area contributed by atoms with Gasteiger partial charge in [-0.2, -0.15) is 8.42 Å². The van der Waals surface area contributed by atoms with Crippen LogP contribution in [0.3, 0.4) is 0 Å². The van der Waals surface area contributed by atoms with Crippen LogP contribution in [-0.2, 0) is 10.1 Å². The molecule has 0 fully saturated rings. The molecule has 0 aromatic heterocycles. The van der Waals surface area contributed by atoms with Crippen LogP contribution in [0.5, 0.6) is 5.75 Å². The maximum atomic E-state index is 12.4. The minimum atomic E-state index is -3.97. The molecule has 0 saturated carbocycles. The van der Waals surface area contributed by atoms with Crippen molar-refractivity contribution in [3.63, 3.8) is 0 Å². The van der Waals surface area contributed by atoms with Gasteiger partial charge in [-0.25, -0.2) is 0 Å². The van der Waals surface area contributed by atoms with Gasteiger partial charge in [-0.3, -0.25) is 0 Å². The van der Waals surface area contributed by atoms with Crippen molar-refractivity contribution in [2.75, 3.05) is 0 Å². The lowest BCUT2D eigenvalue weighted by atomic mass is 10.1. The molecule has 21 heavy (non-hydrogen) atoms. The summed E-state index contributed by atoms with van der Waals surface area (Å²) in [4.78, 5) is 0.127. The van der Waals surface area contributed by atoms with Gasteiger partial charge in [0.15, 0.2) is 5.75 Å². The average Bonchev–Trinajstić information content (AvgIpc) is 2.39. The van der Waals surface area contributed by atoms with E-state index in [9.17, 15) is 8.42 Å². The third-order valence-corrected chi connectivity index (χ3v) is 5.30. The van der Waals surface area contributed by atoms with Crippen LogP contribution in [0.1, 0.15) is 16.7 Å². The second kappa shape index (κ2) is 5.87. The second-order valence-electron chi connectivity index (χ2n) is 4.74. The van der Waals surface area contributed by atoms with Gasteiger partial charge < -0.3 is 4.18 Å². The van der Waals surface area contributed by atoms with Gasteiger partial charge >= 0.3 is 10.1 Å². The zero-order valence-electron chi connectivity index (χ0n) is 11.8. The number of rotatable bonds is 3. The topological polar surface area (TPSA) is 43.4 Å². The molecular formula is C15H14Cl2O3S. The van der Waals surface area contributed by atoms with Crippen LogP contribution in [0.25, 0.3) is 0 Å². The van der Waals surface area contributed by atoms with Gasteiger partial charge in [0, 0.05) is 11.1 Å². The monoisotopic (exact) mass is 344 g/mol. The van der Waals surface area contributed by atoms with Crippen molar-refractivity contribution >= 4 is 33.3 Å². The van der Waals surface area contributed by atoms with E-state index in [1.807, 2.05) is 13.8 Å². The molecule has 0 unspecified atom stereocenters. The lowest BCUT2D eigenvalue weighted by Gasteiger charge is -2.13. The van der Waals surface area contributed by atoms with Crippen LogP contribution >= 0.6 is 23.2 Å². The van der Waals surface area contributed by atoms with E-state index >= 15 is 0 Å². The average molecular weight is 345 g/mol. The van der Waals surface area contributed by atoms with Crippen molar-refractivity contribution in [1.82, 2.24) is 0 Å². The summed E-state index contributed by atoms with van der Waals surface area (Å²) in [5, 5.41) is 0.533. The Labute approximate surface area is 134 Å². The van der Waals surface area contributed by atoms with E-state index in [4.69, 9.17) is 27.4 Å². The van der Waals surface area contributed by atoms with E-state index < -0.39 is 10.1 Å². The first-order valence-electron chi connectivity index (χ1n) is 6.18. The minimum Gasteiger partial charge on any atom is -0.377 e. The molecule has 0 aliphatic rings.